The molecule has 0 bridgehead atoms. The van der Waals surface area contributed by atoms with E-state index in [2.05, 4.69) is 73.9 Å². The summed E-state index contributed by atoms with van der Waals surface area (Å²) in [6.07, 6.45) is 9.12. The molecule has 2 aromatic carbocycles. The highest BCUT2D eigenvalue weighted by molar-refractivity contribution is 5.40. The molecule has 2 aromatic rings. The molecule has 4 rings (SSSR count). The monoisotopic (exact) mass is 488 g/mol. The quantitative estimate of drug-likeness (QED) is 0.344. The van der Waals surface area contributed by atoms with Gasteiger partial charge in [-0.05, 0) is 98.2 Å². The zero-order chi connectivity index (χ0) is 26.1. The van der Waals surface area contributed by atoms with Crippen molar-refractivity contribution < 1.29 is 0 Å². The molecular weight excluding hydrogens is 436 g/mol. The Labute approximate surface area is 222 Å². The van der Waals surface area contributed by atoms with Crippen molar-refractivity contribution in [3.8, 4) is 0 Å². The van der Waals surface area contributed by atoms with Crippen molar-refractivity contribution in [3.63, 3.8) is 0 Å². The van der Waals surface area contributed by atoms with Crippen LogP contribution in [0.5, 0.6) is 0 Å². The third-order valence-electron chi connectivity index (χ3n) is 8.00. The number of rotatable bonds is 8. The van der Waals surface area contributed by atoms with Crippen LogP contribution in [0.4, 0.5) is 0 Å². The van der Waals surface area contributed by atoms with E-state index in [4.69, 9.17) is 6.58 Å². The van der Waals surface area contributed by atoms with Gasteiger partial charge in [0.05, 0.1) is 0 Å². The number of hydrogen-bond acceptors (Lipinski definition) is 2. The van der Waals surface area contributed by atoms with Crippen LogP contribution < -0.4 is 0 Å². The SMILES string of the molecule is C=C([C@@H]1CCCN(Cc2ccccc2C)C1)N(Cc1cc(C)c2c(c1)CCCCC2)CC(C)C.CC. The van der Waals surface area contributed by atoms with Gasteiger partial charge >= 0.3 is 0 Å². The molecule has 36 heavy (non-hydrogen) atoms. The van der Waals surface area contributed by atoms with E-state index in [1.807, 2.05) is 13.8 Å². The molecule has 1 fully saturated rings. The lowest BCUT2D eigenvalue weighted by atomic mass is 9.92. The Morgan fingerprint density at radius 3 is 2.50 bits per heavy atom. The maximum Gasteiger partial charge on any atom is 0.0426 e. The number of benzene rings is 2. The molecule has 0 aromatic heterocycles. The predicted octanol–water partition coefficient (Wildman–Crippen LogP) is 8.48. The molecule has 1 heterocycles. The first-order valence-corrected chi connectivity index (χ1v) is 14.7. The molecule has 1 atom stereocenters. The minimum absolute atomic E-state index is 0.554. The van der Waals surface area contributed by atoms with E-state index >= 15 is 0 Å². The summed E-state index contributed by atoms with van der Waals surface area (Å²) in [6.45, 7) is 23.4. The number of hydrogen-bond donors (Lipinski definition) is 0. The Morgan fingerprint density at radius 2 is 1.75 bits per heavy atom. The van der Waals surface area contributed by atoms with Gasteiger partial charge in [0.1, 0.15) is 0 Å². The van der Waals surface area contributed by atoms with Gasteiger partial charge in [-0.1, -0.05) is 77.1 Å². The summed E-state index contributed by atoms with van der Waals surface area (Å²) in [7, 11) is 0. The van der Waals surface area contributed by atoms with Crippen molar-refractivity contribution >= 4 is 0 Å². The fourth-order valence-corrected chi connectivity index (χ4v) is 6.14. The first-order valence-electron chi connectivity index (χ1n) is 14.7. The van der Waals surface area contributed by atoms with Crippen LogP contribution in [0.25, 0.3) is 0 Å². The van der Waals surface area contributed by atoms with Crippen molar-refractivity contribution in [2.24, 2.45) is 11.8 Å². The summed E-state index contributed by atoms with van der Waals surface area (Å²) in [5.74, 6) is 1.18. The van der Waals surface area contributed by atoms with E-state index in [0.717, 1.165) is 26.2 Å². The number of fused-ring (bicyclic) bond motifs is 1. The summed E-state index contributed by atoms with van der Waals surface area (Å²) >= 11 is 0. The van der Waals surface area contributed by atoms with Crippen LogP contribution in [-0.2, 0) is 25.9 Å². The molecule has 0 saturated carbocycles. The van der Waals surface area contributed by atoms with Crippen molar-refractivity contribution in [2.75, 3.05) is 19.6 Å². The number of nitrogens with zero attached hydrogens (tertiary/aromatic N) is 2. The van der Waals surface area contributed by atoms with Crippen LogP contribution >= 0.6 is 0 Å². The number of likely N-dealkylation sites (tertiary alicyclic amines) is 1. The Balaban J connectivity index is 0.00000176. The molecule has 198 valence electrons. The van der Waals surface area contributed by atoms with Gasteiger partial charge < -0.3 is 4.90 Å². The zero-order valence-electron chi connectivity index (χ0n) is 24.2. The fraction of sp³-hybridized carbons (Fsp3) is 0.588. The molecule has 2 aliphatic rings. The average molecular weight is 489 g/mol. The smallest absolute Gasteiger partial charge is 0.0426 e. The highest BCUT2D eigenvalue weighted by Gasteiger charge is 2.26. The van der Waals surface area contributed by atoms with E-state index in [9.17, 15) is 0 Å². The minimum Gasteiger partial charge on any atom is -0.370 e. The Bertz CT molecular complexity index is 973. The third-order valence-corrected chi connectivity index (χ3v) is 8.00. The normalized spacial score (nSPS) is 18.1. The summed E-state index contributed by atoms with van der Waals surface area (Å²) < 4.78 is 0. The van der Waals surface area contributed by atoms with Crippen LogP contribution in [-0.4, -0.2) is 29.4 Å². The molecule has 1 aliphatic heterocycles. The summed E-state index contributed by atoms with van der Waals surface area (Å²) in [4.78, 5) is 5.27. The van der Waals surface area contributed by atoms with Crippen molar-refractivity contribution in [1.82, 2.24) is 9.80 Å². The summed E-state index contributed by atoms with van der Waals surface area (Å²) in [5.41, 5.74) is 10.5. The lowest BCUT2D eigenvalue weighted by Gasteiger charge is -2.39. The second-order valence-corrected chi connectivity index (χ2v) is 11.4. The van der Waals surface area contributed by atoms with Crippen LogP contribution in [0, 0.1) is 25.7 Å². The van der Waals surface area contributed by atoms with E-state index < -0.39 is 0 Å². The predicted molar refractivity (Wildman–Crippen MR) is 157 cm³/mol. The highest BCUT2D eigenvalue weighted by atomic mass is 15.2. The number of aryl methyl sites for hydroxylation is 3. The topological polar surface area (TPSA) is 6.48 Å². The van der Waals surface area contributed by atoms with Gasteiger partial charge in [0.2, 0.25) is 0 Å². The van der Waals surface area contributed by atoms with E-state index in [0.29, 0.717) is 11.8 Å². The van der Waals surface area contributed by atoms with Crippen LogP contribution in [0.2, 0.25) is 0 Å². The fourth-order valence-electron chi connectivity index (χ4n) is 6.14. The largest absolute Gasteiger partial charge is 0.370 e. The maximum absolute atomic E-state index is 4.71. The van der Waals surface area contributed by atoms with Crippen LogP contribution in [0.1, 0.15) is 93.2 Å². The Kier molecular flexibility index (Phi) is 11.1. The minimum atomic E-state index is 0.554. The molecule has 0 spiro atoms. The second-order valence-electron chi connectivity index (χ2n) is 11.4. The molecule has 1 aliphatic carbocycles. The molecule has 0 radical (unpaired) electrons. The summed E-state index contributed by atoms with van der Waals surface area (Å²) in [6, 6.07) is 13.8. The van der Waals surface area contributed by atoms with Gasteiger partial charge in [0.15, 0.2) is 0 Å². The first kappa shape index (κ1) is 28.5. The van der Waals surface area contributed by atoms with Gasteiger partial charge in [0.25, 0.3) is 0 Å². The highest BCUT2D eigenvalue weighted by Crippen LogP contribution is 2.30. The molecule has 2 nitrogen and oxygen atoms in total. The van der Waals surface area contributed by atoms with Gasteiger partial charge in [-0.3, -0.25) is 4.90 Å². The second kappa shape index (κ2) is 14.0. The molecule has 0 unspecified atom stereocenters. The van der Waals surface area contributed by atoms with Crippen molar-refractivity contribution in [1.29, 1.82) is 0 Å². The Hall–Kier alpha value is -2.06. The molecule has 2 heteroatoms. The van der Waals surface area contributed by atoms with Crippen molar-refractivity contribution in [3.05, 3.63) is 82.1 Å². The first-order chi connectivity index (χ1) is 17.4. The van der Waals surface area contributed by atoms with E-state index in [1.165, 1.54) is 79.4 Å². The molecule has 1 saturated heterocycles. The molecule has 0 N–H and O–H groups in total. The van der Waals surface area contributed by atoms with Gasteiger partial charge in [-0.15, -0.1) is 0 Å². The summed E-state index contributed by atoms with van der Waals surface area (Å²) in [5, 5.41) is 0. The lowest BCUT2D eigenvalue weighted by Crippen LogP contribution is -2.40. The lowest BCUT2D eigenvalue weighted by molar-refractivity contribution is 0.154. The zero-order valence-corrected chi connectivity index (χ0v) is 24.2. The van der Waals surface area contributed by atoms with Gasteiger partial charge in [0, 0.05) is 37.8 Å². The van der Waals surface area contributed by atoms with E-state index in [1.54, 1.807) is 11.1 Å². The third kappa shape index (κ3) is 7.72. The Morgan fingerprint density at radius 1 is 1.00 bits per heavy atom. The van der Waals surface area contributed by atoms with Gasteiger partial charge in [-0.2, -0.15) is 0 Å². The molecular formula is C34H52N2. The van der Waals surface area contributed by atoms with Crippen LogP contribution in [0.3, 0.4) is 0 Å². The van der Waals surface area contributed by atoms with Crippen molar-refractivity contribution in [2.45, 2.75) is 99.6 Å². The maximum atomic E-state index is 4.71. The number of piperidine rings is 1. The average Bonchev–Trinajstić information content (AvgIpc) is 3.12. The van der Waals surface area contributed by atoms with Gasteiger partial charge in [-0.25, -0.2) is 0 Å². The van der Waals surface area contributed by atoms with E-state index in [-0.39, 0.29) is 0 Å². The standard InChI is InChI=1S/C32H46N2.C2H6/c1-24(2)20-34(21-28-18-26(4)32-16-8-6-7-13-29(32)19-28)27(5)31-15-11-17-33(23-31)22-30-14-10-9-12-25(30)3;1-2/h9-10,12,14,18-19,24,31H,5-8,11,13,15-17,20-23H2,1-4H3;1-2H3/t31-;/m1./s1. The van der Waals surface area contributed by atoms with Crippen LogP contribution in [0.15, 0.2) is 48.7 Å². The molecule has 0 amide bonds.